The van der Waals surface area contributed by atoms with Crippen molar-refractivity contribution in [1.82, 2.24) is 4.90 Å². The Morgan fingerprint density at radius 2 is 2.08 bits per heavy atom. The number of hydrogen-bond acceptors (Lipinski definition) is 4. The molecule has 0 spiro atoms. The highest BCUT2D eigenvalue weighted by molar-refractivity contribution is 5.76. The lowest BCUT2D eigenvalue weighted by Crippen LogP contribution is -2.44. The average molecular weight is 346 g/mol. The summed E-state index contributed by atoms with van der Waals surface area (Å²) in [6.45, 7) is 6.00. The smallest absolute Gasteiger partial charge is 0.222 e. The molecule has 138 valence electrons. The summed E-state index contributed by atoms with van der Waals surface area (Å²) in [5.41, 5.74) is 8.85. The number of benzene rings is 1. The largest absolute Gasteiger partial charge is 0.507 e. The summed E-state index contributed by atoms with van der Waals surface area (Å²) < 4.78 is 6.30. The Hall–Kier alpha value is -1.59. The van der Waals surface area contributed by atoms with E-state index in [0.717, 1.165) is 55.5 Å². The average Bonchev–Trinajstić information content (AvgIpc) is 2.64. The van der Waals surface area contributed by atoms with E-state index in [0.29, 0.717) is 24.6 Å². The maximum Gasteiger partial charge on any atom is 0.222 e. The van der Waals surface area contributed by atoms with Crippen LogP contribution in [-0.2, 0) is 16.0 Å². The number of rotatable bonds is 4. The molecule has 1 amide bonds. The maximum absolute atomic E-state index is 12.1. The van der Waals surface area contributed by atoms with Crippen LogP contribution in [-0.4, -0.2) is 41.7 Å². The van der Waals surface area contributed by atoms with Gasteiger partial charge in [0.25, 0.3) is 0 Å². The van der Waals surface area contributed by atoms with Gasteiger partial charge in [0, 0.05) is 38.0 Å². The van der Waals surface area contributed by atoms with Crippen molar-refractivity contribution < 1.29 is 14.6 Å². The van der Waals surface area contributed by atoms with Gasteiger partial charge in [0.2, 0.25) is 5.91 Å². The van der Waals surface area contributed by atoms with Gasteiger partial charge >= 0.3 is 0 Å². The number of nitrogens with two attached hydrogens (primary N) is 1. The molecule has 0 bridgehead atoms. The van der Waals surface area contributed by atoms with Gasteiger partial charge in [-0.05, 0) is 43.2 Å². The Morgan fingerprint density at radius 3 is 2.72 bits per heavy atom. The van der Waals surface area contributed by atoms with Crippen molar-refractivity contribution in [3.63, 3.8) is 0 Å². The predicted octanol–water partition coefficient (Wildman–Crippen LogP) is 2.68. The van der Waals surface area contributed by atoms with Crippen LogP contribution >= 0.6 is 0 Å². The molecule has 2 atom stereocenters. The van der Waals surface area contributed by atoms with Crippen LogP contribution in [0.1, 0.15) is 55.4 Å². The predicted molar refractivity (Wildman–Crippen MR) is 97.4 cm³/mol. The highest BCUT2D eigenvalue weighted by Crippen LogP contribution is 2.40. The minimum absolute atomic E-state index is 0.0668. The topological polar surface area (TPSA) is 75.8 Å². The van der Waals surface area contributed by atoms with Crippen LogP contribution in [0.15, 0.2) is 12.1 Å². The number of fused-ring (bicyclic) bond motifs is 1. The number of hydrogen-bond donors (Lipinski definition) is 2. The molecule has 25 heavy (non-hydrogen) atoms. The van der Waals surface area contributed by atoms with E-state index in [1.807, 2.05) is 30.9 Å². The molecule has 2 heterocycles. The Morgan fingerprint density at radius 1 is 1.36 bits per heavy atom. The van der Waals surface area contributed by atoms with Gasteiger partial charge in [0.05, 0.1) is 12.2 Å². The van der Waals surface area contributed by atoms with Crippen molar-refractivity contribution >= 4 is 5.91 Å². The number of nitrogens with zero attached hydrogens (tertiary/aromatic N) is 1. The fourth-order valence-corrected chi connectivity index (χ4v) is 4.17. The first kappa shape index (κ1) is 18.2. The van der Waals surface area contributed by atoms with E-state index in [-0.39, 0.29) is 18.1 Å². The van der Waals surface area contributed by atoms with Gasteiger partial charge in [-0.3, -0.25) is 4.79 Å². The zero-order chi connectivity index (χ0) is 18.0. The van der Waals surface area contributed by atoms with Gasteiger partial charge in [-0.2, -0.15) is 0 Å². The van der Waals surface area contributed by atoms with Crippen molar-refractivity contribution in [3.8, 4) is 5.75 Å². The molecular formula is C20H30N2O3. The van der Waals surface area contributed by atoms with Gasteiger partial charge in [-0.15, -0.1) is 0 Å². The van der Waals surface area contributed by atoms with Gasteiger partial charge in [0.1, 0.15) is 5.75 Å². The zero-order valence-electron chi connectivity index (χ0n) is 15.3. The molecule has 0 aromatic heterocycles. The molecule has 0 radical (unpaired) electrons. The van der Waals surface area contributed by atoms with Gasteiger partial charge in [-0.25, -0.2) is 0 Å². The summed E-state index contributed by atoms with van der Waals surface area (Å²) in [5, 5.41) is 10.5. The van der Waals surface area contributed by atoms with Crippen molar-refractivity contribution in [1.29, 1.82) is 0 Å². The van der Waals surface area contributed by atoms with Crippen LogP contribution in [0.3, 0.4) is 0 Å². The molecular weight excluding hydrogens is 316 g/mol. The normalized spacial score (nSPS) is 24.2. The second kappa shape index (κ2) is 7.75. The quantitative estimate of drug-likeness (QED) is 0.879. The van der Waals surface area contributed by atoms with Crippen LogP contribution in [0.4, 0.5) is 0 Å². The minimum atomic E-state index is -0.153. The van der Waals surface area contributed by atoms with Crippen molar-refractivity contribution in [2.45, 2.75) is 58.2 Å². The van der Waals surface area contributed by atoms with Crippen molar-refractivity contribution in [2.24, 2.45) is 11.7 Å². The van der Waals surface area contributed by atoms with E-state index in [4.69, 9.17) is 10.5 Å². The van der Waals surface area contributed by atoms with E-state index in [1.54, 1.807) is 0 Å². The number of aromatic hydroxyl groups is 1. The molecule has 3 N–H and O–H groups in total. The summed E-state index contributed by atoms with van der Waals surface area (Å²) in [7, 11) is 0. The number of carbonyl (C=O) groups excluding carboxylic acids is 1. The molecule has 0 unspecified atom stereocenters. The number of ether oxygens (including phenoxy) is 1. The number of piperidine rings is 1. The molecule has 1 saturated heterocycles. The van der Waals surface area contributed by atoms with Crippen LogP contribution < -0.4 is 5.73 Å². The molecule has 0 aliphatic carbocycles. The Kier molecular flexibility index (Phi) is 5.64. The summed E-state index contributed by atoms with van der Waals surface area (Å²) in [6.07, 6.45) is 4.10. The zero-order valence-corrected chi connectivity index (χ0v) is 15.3. The summed E-state index contributed by atoms with van der Waals surface area (Å²) in [6, 6.07) is 3.96. The highest BCUT2D eigenvalue weighted by atomic mass is 16.5. The Bertz CT molecular complexity index is 624. The third-order valence-electron chi connectivity index (χ3n) is 5.71. The summed E-state index contributed by atoms with van der Waals surface area (Å²) >= 11 is 0. The van der Waals surface area contributed by atoms with E-state index in [1.165, 1.54) is 0 Å². The third kappa shape index (κ3) is 3.67. The van der Waals surface area contributed by atoms with Gasteiger partial charge in [-0.1, -0.05) is 19.1 Å². The number of carbonyl (C=O) groups is 1. The Balaban J connectivity index is 1.70. The minimum Gasteiger partial charge on any atom is -0.507 e. The van der Waals surface area contributed by atoms with Crippen molar-refractivity contribution in [3.05, 3.63) is 28.8 Å². The van der Waals surface area contributed by atoms with Gasteiger partial charge in [0.15, 0.2) is 0 Å². The van der Waals surface area contributed by atoms with Crippen LogP contribution in [0.25, 0.3) is 0 Å². The lowest BCUT2D eigenvalue weighted by molar-refractivity contribution is -0.134. The highest BCUT2D eigenvalue weighted by Gasteiger charge is 2.35. The number of phenols is 1. The second-order valence-electron chi connectivity index (χ2n) is 7.37. The number of amides is 1. The number of phenolic OH excluding ortho intramolecular Hbond substituents is 1. The molecule has 1 fully saturated rings. The van der Waals surface area contributed by atoms with E-state index < -0.39 is 0 Å². The van der Waals surface area contributed by atoms with E-state index in [2.05, 4.69) is 0 Å². The molecule has 5 nitrogen and oxygen atoms in total. The van der Waals surface area contributed by atoms with Crippen LogP contribution in [0.2, 0.25) is 0 Å². The van der Waals surface area contributed by atoms with Crippen LogP contribution in [0, 0.1) is 12.8 Å². The first-order valence-corrected chi connectivity index (χ1v) is 9.49. The molecule has 2 aliphatic rings. The number of aryl methyl sites for hydroxylation is 1. The van der Waals surface area contributed by atoms with E-state index >= 15 is 0 Å². The third-order valence-corrected chi connectivity index (χ3v) is 5.71. The standard InChI is InChI=1S/C20H30N2O3/c1-3-4-19(23)22-9-7-14(8-10-22)17-11-16-15(18(12-21)25-17)6-5-13(2)20(16)24/h5-6,14,17-18,24H,3-4,7-12,21H2,1-2H3/t17-,18-/m0/s1. The Labute approximate surface area is 150 Å². The van der Waals surface area contributed by atoms with Gasteiger partial charge < -0.3 is 20.5 Å². The fourth-order valence-electron chi connectivity index (χ4n) is 4.17. The molecule has 5 heteroatoms. The monoisotopic (exact) mass is 346 g/mol. The molecule has 3 rings (SSSR count). The lowest BCUT2D eigenvalue weighted by Gasteiger charge is -2.40. The first-order chi connectivity index (χ1) is 12.0. The maximum atomic E-state index is 12.1. The second-order valence-corrected chi connectivity index (χ2v) is 7.37. The first-order valence-electron chi connectivity index (χ1n) is 9.49. The summed E-state index contributed by atoms with van der Waals surface area (Å²) in [5.74, 6) is 1.07. The molecule has 2 aliphatic heterocycles. The van der Waals surface area contributed by atoms with Crippen LogP contribution in [0.5, 0.6) is 5.75 Å². The fraction of sp³-hybridized carbons (Fsp3) is 0.650. The van der Waals surface area contributed by atoms with E-state index in [9.17, 15) is 9.90 Å². The summed E-state index contributed by atoms with van der Waals surface area (Å²) in [4.78, 5) is 14.1. The number of likely N-dealkylation sites (tertiary alicyclic amines) is 1. The van der Waals surface area contributed by atoms with Crippen molar-refractivity contribution in [2.75, 3.05) is 19.6 Å². The lowest BCUT2D eigenvalue weighted by atomic mass is 9.83. The SMILES string of the molecule is CCCC(=O)N1CCC([C@@H]2Cc3c(ccc(C)c3O)[C@H](CN)O2)CC1. The molecule has 1 aromatic carbocycles. The molecule has 1 aromatic rings. The molecule has 0 saturated carbocycles.